The van der Waals surface area contributed by atoms with E-state index in [1.165, 1.54) is 5.56 Å². The number of para-hydroxylation sites is 3. The van der Waals surface area contributed by atoms with Crippen LogP contribution in [-0.2, 0) is 13.0 Å². The number of aryl methyl sites for hydroxylation is 1. The standard InChI is InChI=1S/C27H22N4O2S2/c1-16-12-22(32)26(27(33)28-14-25-29-18-6-2-3-7-19(18)30-25)21-13-24(17-10-11-34-15-17)35-23-9-5-4-8-20(23)31(16)21/h2-12,15,24H,13-14H2,1H3,(H,28,33)(H,29,30). The van der Waals surface area contributed by atoms with Gasteiger partial charge in [0.1, 0.15) is 11.4 Å². The Labute approximate surface area is 210 Å². The lowest BCUT2D eigenvalue weighted by atomic mass is 10.0. The van der Waals surface area contributed by atoms with E-state index in [0.29, 0.717) is 12.2 Å². The van der Waals surface area contributed by atoms with Gasteiger partial charge in [0.15, 0.2) is 5.43 Å². The van der Waals surface area contributed by atoms with Crippen molar-refractivity contribution in [2.45, 2.75) is 30.0 Å². The van der Waals surface area contributed by atoms with Gasteiger partial charge < -0.3 is 14.9 Å². The van der Waals surface area contributed by atoms with Gasteiger partial charge in [-0.25, -0.2) is 4.98 Å². The number of nitrogens with one attached hydrogen (secondary N) is 2. The minimum Gasteiger partial charge on any atom is -0.345 e. The SMILES string of the molecule is Cc1cc(=O)c(C(=O)NCc2nc3ccccc3[nH]2)c2n1-c1ccccc1SC(c1ccsc1)C2. The number of rotatable bonds is 4. The van der Waals surface area contributed by atoms with E-state index in [2.05, 4.69) is 48.8 Å². The van der Waals surface area contributed by atoms with E-state index in [9.17, 15) is 9.59 Å². The van der Waals surface area contributed by atoms with Crippen molar-refractivity contribution < 1.29 is 4.79 Å². The maximum Gasteiger partial charge on any atom is 0.257 e. The second-order valence-electron chi connectivity index (χ2n) is 8.53. The topological polar surface area (TPSA) is 79.8 Å². The number of aromatic nitrogens is 3. The Balaban J connectivity index is 1.42. The molecule has 5 aromatic rings. The molecule has 0 aliphatic carbocycles. The number of nitrogens with zero attached hydrogens (tertiary/aromatic N) is 2. The van der Waals surface area contributed by atoms with Crippen LogP contribution in [0.3, 0.4) is 0 Å². The number of carbonyl (C=O) groups is 1. The van der Waals surface area contributed by atoms with Crippen molar-refractivity contribution in [3.63, 3.8) is 0 Å². The maximum atomic E-state index is 13.5. The molecule has 2 N–H and O–H groups in total. The third-order valence-corrected chi connectivity index (χ3v) is 8.27. The van der Waals surface area contributed by atoms with Crippen molar-refractivity contribution in [2.75, 3.05) is 0 Å². The molecule has 0 saturated carbocycles. The molecule has 8 heteroatoms. The summed E-state index contributed by atoms with van der Waals surface area (Å²) in [4.78, 5) is 35.6. The zero-order valence-corrected chi connectivity index (χ0v) is 20.6. The van der Waals surface area contributed by atoms with Gasteiger partial charge in [-0.3, -0.25) is 9.59 Å². The zero-order chi connectivity index (χ0) is 23.9. The first-order chi connectivity index (χ1) is 17.1. The number of thiophene rings is 1. The quantitative estimate of drug-likeness (QED) is 0.348. The van der Waals surface area contributed by atoms with Crippen molar-refractivity contribution in [2.24, 2.45) is 0 Å². The lowest BCUT2D eigenvalue weighted by molar-refractivity contribution is 0.0947. The Morgan fingerprint density at radius 2 is 2.00 bits per heavy atom. The highest BCUT2D eigenvalue weighted by atomic mass is 32.2. The molecule has 6 rings (SSSR count). The van der Waals surface area contributed by atoms with Crippen LogP contribution < -0.4 is 10.7 Å². The summed E-state index contributed by atoms with van der Waals surface area (Å²) in [6, 6.07) is 19.6. The lowest BCUT2D eigenvalue weighted by Crippen LogP contribution is -2.32. The van der Waals surface area contributed by atoms with Crippen LogP contribution in [0.15, 0.2) is 81.1 Å². The fraction of sp³-hybridized carbons (Fsp3) is 0.148. The third kappa shape index (κ3) is 3.98. The monoisotopic (exact) mass is 498 g/mol. The van der Waals surface area contributed by atoms with Crippen LogP contribution in [-0.4, -0.2) is 20.4 Å². The fourth-order valence-electron chi connectivity index (χ4n) is 4.66. The van der Waals surface area contributed by atoms with Crippen LogP contribution in [0.2, 0.25) is 0 Å². The number of aromatic amines is 1. The number of carbonyl (C=O) groups excluding carboxylic acids is 1. The van der Waals surface area contributed by atoms with E-state index in [0.717, 1.165) is 33.0 Å². The van der Waals surface area contributed by atoms with Crippen LogP contribution in [0, 0.1) is 6.92 Å². The molecule has 6 nitrogen and oxygen atoms in total. The number of imidazole rings is 1. The Morgan fingerprint density at radius 3 is 2.83 bits per heavy atom. The predicted molar refractivity (Wildman–Crippen MR) is 141 cm³/mol. The summed E-state index contributed by atoms with van der Waals surface area (Å²) in [6.45, 7) is 2.13. The van der Waals surface area contributed by atoms with Crippen molar-refractivity contribution in [3.8, 4) is 5.69 Å². The first-order valence-corrected chi connectivity index (χ1v) is 13.2. The molecule has 1 aliphatic heterocycles. The predicted octanol–water partition coefficient (Wildman–Crippen LogP) is 5.40. The van der Waals surface area contributed by atoms with Gasteiger partial charge in [0.25, 0.3) is 5.91 Å². The minimum absolute atomic E-state index is 0.0965. The Morgan fingerprint density at radius 1 is 1.17 bits per heavy atom. The molecule has 1 aliphatic rings. The van der Waals surface area contributed by atoms with Gasteiger partial charge in [-0.15, -0.1) is 11.8 Å². The molecule has 0 saturated heterocycles. The van der Waals surface area contributed by atoms with Gasteiger partial charge in [0, 0.05) is 34.0 Å². The summed E-state index contributed by atoms with van der Waals surface area (Å²) in [5.74, 6) is 0.266. The van der Waals surface area contributed by atoms with E-state index >= 15 is 0 Å². The van der Waals surface area contributed by atoms with Crippen molar-refractivity contribution >= 4 is 40.0 Å². The van der Waals surface area contributed by atoms with Gasteiger partial charge >= 0.3 is 0 Å². The van der Waals surface area contributed by atoms with Gasteiger partial charge in [0.05, 0.1) is 23.3 Å². The second kappa shape index (κ2) is 8.87. The molecular weight excluding hydrogens is 476 g/mol. The van der Waals surface area contributed by atoms with Gasteiger partial charge in [0.2, 0.25) is 0 Å². The average Bonchev–Trinajstić information content (AvgIpc) is 3.49. The smallest absolute Gasteiger partial charge is 0.257 e. The minimum atomic E-state index is -0.382. The second-order valence-corrected chi connectivity index (χ2v) is 10.6. The van der Waals surface area contributed by atoms with Gasteiger partial charge in [-0.05, 0) is 53.6 Å². The molecule has 0 radical (unpaired) electrons. The normalized spacial score (nSPS) is 14.8. The fourth-order valence-corrected chi connectivity index (χ4v) is 6.73. The van der Waals surface area contributed by atoms with Crippen LogP contribution in [0.5, 0.6) is 0 Å². The molecular formula is C27H22N4O2S2. The molecule has 0 spiro atoms. The van der Waals surface area contributed by atoms with Crippen LogP contribution >= 0.6 is 23.1 Å². The number of fused-ring (bicyclic) bond motifs is 4. The molecule has 0 fully saturated rings. The molecule has 1 amide bonds. The van der Waals surface area contributed by atoms with E-state index in [1.54, 1.807) is 29.2 Å². The van der Waals surface area contributed by atoms with Crippen LogP contribution in [0.1, 0.15) is 38.4 Å². The zero-order valence-electron chi connectivity index (χ0n) is 18.9. The third-order valence-electron chi connectivity index (χ3n) is 6.25. The molecule has 2 aromatic carbocycles. The summed E-state index contributed by atoms with van der Waals surface area (Å²) in [5.41, 5.74) is 5.44. The number of benzene rings is 2. The van der Waals surface area contributed by atoms with E-state index in [4.69, 9.17) is 0 Å². The molecule has 174 valence electrons. The van der Waals surface area contributed by atoms with Gasteiger partial charge in [-0.2, -0.15) is 11.3 Å². The summed E-state index contributed by atoms with van der Waals surface area (Å²) < 4.78 is 2.08. The molecule has 1 atom stereocenters. The number of amides is 1. The van der Waals surface area contributed by atoms with Gasteiger partial charge in [-0.1, -0.05) is 24.3 Å². The number of H-pyrrole nitrogens is 1. The highest BCUT2D eigenvalue weighted by molar-refractivity contribution is 7.99. The summed E-state index contributed by atoms with van der Waals surface area (Å²) in [6.07, 6.45) is 0.570. The Bertz CT molecular complexity index is 1590. The molecule has 0 bridgehead atoms. The summed E-state index contributed by atoms with van der Waals surface area (Å²) >= 11 is 3.43. The molecule has 4 heterocycles. The number of pyridine rings is 1. The van der Waals surface area contributed by atoms with Crippen molar-refractivity contribution in [3.05, 3.63) is 110 Å². The van der Waals surface area contributed by atoms with E-state index in [1.807, 2.05) is 43.3 Å². The number of thioether (sulfide) groups is 1. The largest absolute Gasteiger partial charge is 0.345 e. The number of hydrogen-bond donors (Lipinski definition) is 2. The Kier molecular flexibility index (Phi) is 5.54. The van der Waals surface area contributed by atoms with Crippen LogP contribution in [0.4, 0.5) is 0 Å². The molecule has 35 heavy (non-hydrogen) atoms. The highest BCUT2D eigenvalue weighted by Gasteiger charge is 2.29. The molecule has 3 aromatic heterocycles. The highest BCUT2D eigenvalue weighted by Crippen LogP contribution is 2.44. The molecule has 1 unspecified atom stereocenters. The Hall–Kier alpha value is -3.62. The first-order valence-electron chi connectivity index (χ1n) is 11.3. The summed E-state index contributed by atoms with van der Waals surface area (Å²) in [7, 11) is 0. The van der Waals surface area contributed by atoms with E-state index in [-0.39, 0.29) is 28.7 Å². The van der Waals surface area contributed by atoms with E-state index < -0.39 is 0 Å². The lowest BCUT2D eigenvalue weighted by Gasteiger charge is -2.19. The average molecular weight is 499 g/mol. The first kappa shape index (κ1) is 21.9. The summed E-state index contributed by atoms with van der Waals surface area (Å²) in [5, 5.41) is 7.24. The van der Waals surface area contributed by atoms with Crippen LogP contribution in [0.25, 0.3) is 16.7 Å². The van der Waals surface area contributed by atoms with Crippen molar-refractivity contribution in [1.29, 1.82) is 0 Å². The maximum absolute atomic E-state index is 13.5. The van der Waals surface area contributed by atoms with Crippen molar-refractivity contribution in [1.82, 2.24) is 19.9 Å². The number of hydrogen-bond acceptors (Lipinski definition) is 5.